The van der Waals surface area contributed by atoms with E-state index in [1.54, 1.807) is 26.5 Å². The van der Waals surface area contributed by atoms with E-state index < -0.39 is 0 Å². The first-order chi connectivity index (χ1) is 12.1. The second-order valence-corrected chi connectivity index (χ2v) is 5.71. The molecule has 0 aliphatic heterocycles. The van der Waals surface area contributed by atoms with Crippen LogP contribution in [0.5, 0.6) is 0 Å². The van der Waals surface area contributed by atoms with Crippen molar-refractivity contribution in [3.8, 4) is 0 Å². The van der Waals surface area contributed by atoms with Crippen LogP contribution in [0.2, 0.25) is 0 Å². The van der Waals surface area contributed by atoms with Crippen molar-refractivity contribution < 1.29 is 9.59 Å². The van der Waals surface area contributed by atoms with E-state index in [-0.39, 0.29) is 17.3 Å². The molecule has 0 unspecified atom stereocenters. The largest absolute Gasteiger partial charge is 0.343 e. The number of hydrogen-bond donors (Lipinski definition) is 0. The van der Waals surface area contributed by atoms with Crippen LogP contribution < -0.4 is 0 Å². The predicted octanol–water partition coefficient (Wildman–Crippen LogP) is 1.69. The second kappa shape index (κ2) is 8.41. The van der Waals surface area contributed by atoms with E-state index in [4.69, 9.17) is 0 Å². The van der Waals surface area contributed by atoms with Crippen LogP contribution in [-0.4, -0.2) is 51.4 Å². The highest BCUT2D eigenvalue weighted by Crippen LogP contribution is 2.20. The van der Waals surface area contributed by atoms with Crippen LogP contribution in [0, 0.1) is 0 Å². The summed E-state index contributed by atoms with van der Waals surface area (Å²) in [6.45, 7) is 4.00. The summed E-state index contributed by atoms with van der Waals surface area (Å²) >= 11 is 0. The molecule has 0 fully saturated rings. The van der Waals surface area contributed by atoms with Crippen LogP contribution in [0.3, 0.4) is 0 Å². The molecule has 1 aliphatic carbocycles. The molecule has 0 saturated carbocycles. The zero-order valence-corrected chi connectivity index (χ0v) is 15.1. The van der Waals surface area contributed by atoms with Gasteiger partial charge in [0.25, 0.3) is 5.91 Å². The van der Waals surface area contributed by atoms with Gasteiger partial charge in [0, 0.05) is 14.1 Å². The van der Waals surface area contributed by atoms with Crippen LogP contribution in [0.1, 0.15) is 57.3 Å². The fourth-order valence-electron chi connectivity index (χ4n) is 2.70. The molecule has 25 heavy (non-hydrogen) atoms. The van der Waals surface area contributed by atoms with Crippen molar-refractivity contribution in [1.82, 2.24) is 25.1 Å². The smallest absolute Gasteiger partial charge is 0.274 e. The van der Waals surface area contributed by atoms with E-state index in [0.29, 0.717) is 19.1 Å². The number of aldehydes is 1. The molecule has 2 aromatic rings. The van der Waals surface area contributed by atoms with Gasteiger partial charge in [0.05, 0.1) is 23.8 Å². The number of amides is 1. The predicted molar refractivity (Wildman–Crippen MR) is 93.6 cm³/mol. The number of carbonyl (C=O) groups excluding carboxylic acids is 2. The normalized spacial score (nSPS) is 12.5. The van der Waals surface area contributed by atoms with Gasteiger partial charge in [-0.2, -0.15) is 10.2 Å². The quantitative estimate of drug-likeness (QED) is 0.772. The van der Waals surface area contributed by atoms with E-state index >= 15 is 0 Å². The Hall–Kier alpha value is -2.70. The van der Waals surface area contributed by atoms with Crippen LogP contribution in [0.25, 0.3) is 0 Å². The van der Waals surface area contributed by atoms with Crippen molar-refractivity contribution in [3.63, 3.8) is 0 Å². The van der Waals surface area contributed by atoms with Gasteiger partial charge < -0.3 is 4.90 Å². The highest BCUT2D eigenvalue weighted by Gasteiger charge is 2.22. The number of aromatic nitrogens is 4. The average molecular weight is 341 g/mol. The van der Waals surface area contributed by atoms with Gasteiger partial charge in [0.1, 0.15) is 5.69 Å². The maximum Gasteiger partial charge on any atom is 0.274 e. The summed E-state index contributed by atoms with van der Waals surface area (Å²) < 4.78 is 0. The lowest BCUT2D eigenvalue weighted by Gasteiger charge is -2.17. The highest BCUT2D eigenvalue weighted by atomic mass is 16.2. The van der Waals surface area contributed by atoms with Gasteiger partial charge in [0.15, 0.2) is 12.0 Å². The lowest BCUT2D eigenvalue weighted by atomic mass is 9.95. The fraction of sp³-hybridized carbons (Fsp3) is 0.444. The Morgan fingerprint density at radius 2 is 1.48 bits per heavy atom. The summed E-state index contributed by atoms with van der Waals surface area (Å²) in [5, 5.41) is 7.85. The zero-order chi connectivity index (χ0) is 18.4. The molecule has 0 radical (unpaired) electrons. The van der Waals surface area contributed by atoms with Crippen LogP contribution in [-0.2, 0) is 25.7 Å². The number of aryl methyl sites for hydroxylation is 4. The Balaban J connectivity index is 0.00000109. The molecule has 0 saturated heterocycles. The SMILES string of the molecule is CC.CN(C)C(=O)c1nc2c(nc1C=O)CCc1cnncc1CC2. The topological polar surface area (TPSA) is 88.9 Å². The number of carbonyl (C=O) groups is 2. The minimum absolute atomic E-state index is 0.108. The number of nitrogens with zero attached hydrogens (tertiary/aromatic N) is 5. The van der Waals surface area contributed by atoms with Crippen molar-refractivity contribution in [1.29, 1.82) is 0 Å². The third kappa shape index (κ3) is 4.04. The standard InChI is InChI=1S/C16H17N5O2.C2H6/c1-21(2)16(23)15-14(9-22)19-12-5-3-10-7-17-18-8-11(10)4-6-13(12)20-15;1-2/h7-9H,3-6H2,1-2H3;1-2H3. The molecule has 0 aromatic carbocycles. The van der Waals surface area contributed by atoms with Crippen molar-refractivity contribution in [2.45, 2.75) is 39.5 Å². The average Bonchev–Trinajstić information content (AvgIpc) is 2.64. The lowest BCUT2D eigenvalue weighted by molar-refractivity contribution is 0.0817. The molecule has 132 valence electrons. The Kier molecular flexibility index (Phi) is 6.27. The van der Waals surface area contributed by atoms with Gasteiger partial charge in [-0.3, -0.25) is 9.59 Å². The minimum Gasteiger partial charge on any atom is -0.343 e. The minimum atomic E-state index is -0.310. The van der Waals surface area contributed by atoms with Gasteiger partial charge in [-0.05, 0) is 36.8 Å². The third-order valence-electron chi connectivity index (χ3n) is 3.97. The molecular formula is C18H23N5O2. The monoisotopic (exact) mass is 341 g/mol. The summed E-state index contributed by atoms with van der Waals surface area (Å²) in [7, 11) is 3.26. The number of fused-ring (bicyclic) bond motifs is 2. The van der Waals surface area contributed by atoms with Gasteiger partial charge in [0.2, 0.25) is 0 Å². The number of rotatable bonds is 2. The van der Waals surface area contributed by atoms with Crippen LogP contribution >= 0.6 is 0 Å². The first-order valence-corrected chi connectivity index (χ1v) is 8.45. The highest BCUT2D eigenvalue weighted by molar-refractivity contribution is 5.98. The Morgan fingerprint density at radius 3 is 1.96 bits per heavy atom. The maximum absolute atomic E-state index is 12.2. The first-order valence-electron chi connectivity index (χ1n) is 8.45. The molecule has 0 N–H and O–H groups in total. The molecule has 3 rings (SSSR count). The van der Waals surface area contributed by atoms with Crippen LogP contribution in [0.15, 0.2) is 12.4 Å². The summed E-state index contributed by atoms with van der Waals surface area (Å²) in [5.74, 6) is -0.310. The fourth-order valence-corrected chi connectivity index (χ4v) is 2.70. The van der Waals surface area contributed by atoms with E-state index in [1.807, 2.05) is 13.8 Å². The Labute approximate surface area is 147 Å². The zero-order valence-electron chi connectivity index (χ0n) is 15.1. The molecule has 2 heterocycles. The van der Waals surface area contributed by atoms with Crippen molar-refractivity contribution >= 4 is 12.2 Å². The summed E-state index contributed by atoms with van der Waals surface area (Å²) in [6.07, 6.45) is 7.01. The first kappa shape index (κ1) is 18.6. The van der Waals surface area contributed by atoms with Crippen molar-refractivity contribution in [2.75, 3.05) is 14.1 Å². The number of hydrogen-bond acceptors (Lipinski definition) is 6. The van der Waals surface area contributed by atoms with E-state index in [1.165, 1.54) is 4.90 Å². The maximum atomic E-state index is 12.2. The van der Waals surface area contributed by atoms with E-state index in [9.17, 15) is 9.59 Å². The van der Waals surface area contributed by atoms with Crippen molar-refractivity contribution in [3.05, 3.63) is 46.3 Å². The third-order valence-corrected chi connectivity index (χ3v) is 3.97. The van der Waals surface area contributed by atoms with Gasteiger partial charge in [-0.1, -0.05) is 13.8 Å². The molecule has 0 atom stereocenters. The summed E-state index contributed by atoms with van der Waals surface area (Å²) in [6, 6.07) is 0. The molecule has 7 heteroatoms. The molecule has 2 aromatic heterocycles. The Morgan fingerprint density at radius 1 is 0.960 bits per heavy atom. The van der Waals surface area contributed by atoms with Crippen molar-refractivity contribution in [2.24, 2.45) is 0 Å². The van der Waals surface area contributed by atoms with E-state index in [2.05, 4.69) is 20.2 Å². The molecule has 1 aliphatic rings. The lowest BCUT2D eigenvalue weighted by Crippen LogP contribution is -2.26. The molecule has 7 nitrogen and oxygen atoms in total. The summed E-state index contributed by atoms with van der Waals surface area (Å²) in [4.78, 5) is 33.8. The molecule has 0 spiro atoms. The van der Waals surface area contributed by atoms with Gasteiger partial charge in [-0.25, -0.2) is 9.97 Å². The molecule has 1 amide bonds. The summed E-state index contributed by atoms with van der Waals surface area (Å²) in [5.41, 5.74) is 4.09. The van der Waals surface area contributed by atoms with Gasteiger partial charge in [-0.15, -0.1) is 0 Å². The van der Waals surface area contributed by atoms with E-state index in [0.717, 1.165) is 35.4 Å². The van der Waals surface area contributed by atoms with Gasteiger partial charge >= 0.3 is 0 Å². The molecule has 0 bridgehead atoms. The van der Waals surface area contributed by atoms with Crippen LogP contribution in [0.4, 0.5) is 0 Å². The molecular weight excluding hydrogens is 318 g/mol. The Bertz CT molecular complexity index is 774. The second-order valence-electron chi connectivity index (χ2n) is 5.71.